The lowest BCUT2D eigenvalue weighted by atomic mass is 10.0. The molecule has 1 saturated heterocycles. The number of rotatable bonds is 4. The minimum atomic E-state index is -2.81. The summed E-state index contributed by atoms with van der Waals surface area (Å²) in [6.07, 6.45) is 1.67. The SMILES string of the molecule is CC1(NCCc2ccccc2)CCS(=O)(=O)C1. The topological polar surface area (TPSA) is 46.2 Å². The van der Waals surface area contributed by atoms with Gasteiger partial charge >= 0.3 is 0 Å². The van der Waals surface area contributed by atoms with E-state index in [0.29, 0.717) is 5.75 Å². The average molecular weight is 253 g/mol. The Hall–Kier alpha value is -0.870. The molecule has 0 aliphatic carbocycles. The summed E-state index contributed by atoms with van der Waals surface area (Å²) in [7, 11) is -2.81. The van der Waals surface area contributed by atoms with Gasteiger partial charge in [-0.1, -0.05) is 30.3 Å². The molecule has 1 aliphatic heterocycles. The Morgan fingerprint density at radius 2 is 2.00 bits per heavy atom. The fourth-order valence-corrected chi connectivity index (χ4v) is 4.43. The zero-order valence-electron chi connectivity index (χ0n) is 10.1. The second-order valence-corrected chi connectivity index (χ2v) is 7.25. The molecule has 0 bridgehead atoms. The van der Waals surface area contributed by atoms with Gasteiger partial charge in [0, 0.05) is 5.54 Å². The van der Waals surface area contributed by atoms with Crippen LogP contribution in [0.3, 0.4) is 0 Å². The molecule has 17 heavy (non-hydrogen) atoms. The maximum Gasteiger partial charge on any atom is 0.152 e. The molecule has 94 valence electrons. The highest BCUT2D eigenvalue weighted by Gasteiger charge is 2.37. The minimum absolute atomic E-state index is 0.229. The molecule has 1 atom stereocenters. The summed E-state index contributed by atoms with van der Waals surface area (Å²) >= 11 is 0. The van der Waals surface area contributed by atoms with E-state index in [1.807, 2.05) is 25.1 Å². The van der Waals surface area contributed by atoms with Crippen molar-refractivity contribution < 1.29 is 8.42 Å². The molecule has 2 rings (SSSR count). The van der Waals surface area contributed by atoms with Gasteiger partial charge in [0.05, 0.1) is 11.5 Å². The van der Waals surface area contributed by atoms with Crippen molar-refractivity contribution in [3.63, 3.8) is 0 Å². The molecule has 1 aliphatic rings. The van der Waals surface area contributed by atoms with Crippen LogP contribution in [0.2, 0.25) is 0 Å². The fourth-order valence-electron chi connectivity index (χ4n) is 2.30. The van der Waals surface area contributed by atoms with Gasteiger partial charge in [0.1, 0.15) is 0 Å². The first-order valence-corrected chi connectivity index (χ1v) is 7.81. The third-order valence-corrected chi connectivity index (χ3v) is 5.21. The Balaban J connectivity index is 1.83. The second-order valence-electron chi connectivity index (χ2n) is 5.07. The Labute approximate surface area is 103 Å². The lowest BCUT2D eigenvalue weighted by Gasteiger charge is -2.23. The van der Waals surface area contributed by atoms with Crippen LogP contribution in [0.5, 0.6) is 0 Å². The van der Waals surface area contributed by atoms with Crippen LogP contribution >= 0.6 is 0 Å². The van der Waals surface area contributed by atoms with E-state index < -0.39 is 9.84 Å². The lowest BCUT2D eigenvalue weighted by molar-refractivity contribution is 0.401. The van der Waals surface area contributed by atoms with Gasteiger partial charge in [-0.25, -0.2) is 8.42 Å². The van der Waals surface area contributed by atoms with Crippen LogP contribution in [0.1, 0.15) is 18.9 Å². The molecule has 1 aromatic rings. The molecule has 1 N–H and O–H groups in total. The standard InChI is InChI=1S/C13H19NO2S/c1-13(8-10-17(15,16)11-13)14-9-7-12-5-3-2-4-6-12/h2-6,14H,7-11H2,1H3. The molecule has 1 aromatic carbocycles. The number of hydrogen-bond acceptors (Lipinski definition) is 3. The Kier molecular flexibility index (Phi) is 3.54. The van der Waals surface area contributed by atoms with E-state index in [-0.39, 0.29) is 11.3 Å². The zero-order chi connectivity index (χ0) is 12.4. The first-order chi connectivity index (χ1) is 7.99. The van der Waals surface area contributed by atoms with E-state index in [9.17, 15) is 8.42 Å². The predicted molar refractivity (Wildman–Crippen MR) is 69.8 cm³/mol. The molecule has 0 saturated carbocycles. The monoisotopic (exact) mass is 253 g/mol. The van der Waals surface area contributed by atoms with Crippen molar-refractivity contribution in [1.29, 1.82) is 0 Å². The van der Waals surface area contributed by atoms with Crippen LogP contribution in [0.15, 0.2) is 30.3 Å². The fraction of sp³-hybridized carbons (Fsp3) is 0.538. The van der Waals surface area contributed by atoms with Crippen LogP contribution in [0.4, 0.5) is 0 Å². The summed E-state index contributed by atoms with van der Waals surface area (Å²) in [5, 5.41) is 3.38. The van der Waals surface area contributed by atoms with E-state index in [4.69, 9.17) is 0 Å². The summed E-state index contributed by atoms with van der Waals surface area (Å²) in [6.45, 7) is 2.83. The lowest BCUT2D eigenvalue weighted by Crippen LogP contribution is -2.44. The highest BCUT2D eigenvalue weighted by molar-refractivity contribution is 7.91. The van der Waals surface area contributed by atoms with Gasteiger partial charge in [0.15, 0.2) is 9.84 Å². The second kappa shape index (κ2) is 4.78. The molecular weight excluding hydrogens is 234 g/mol. The normalized spacial score (nSPS) is 27.1. The number of sulfone groups is 1. The zero-order valence-corrected chi connectivity index (χ0v) is 11.0. The van der Waals surface area contributed by atoms with Crippen molar-refractivity contribution in [3.05, 3.63) is 35.9 Å². The largest absolute Gasteiger partial charge is 0.310 e. The van der Waals surface area contributed by atoms with E-state index in [1.54, 1.807) is 0 Å². The molecule has 0 spiro atoms. The average Bonchev–Trinajstić information content (AvgIpc) is 2.55. The van der Waals surface area contributed by atoms with Crippen LogP contribution in [0, 0.1) is 0 Å². The van der Waals surface area contributed by atoms with Gasteiger partial charge in [-0.15, -0.1) is 0 Å². The summed E-state index contributed by atoms with van der Waals surface area (Å²) in [4.78, 5) is 0. The summed E-state index contributed by atoms with van der Waals surface area (Å²) in [6, 6.07) is 10.2. The van der Waals surface area contributed by atoms with Gasteiger partial charge in [-0.2, -0.15) is 0 Å². The summed E-state index contributed by atoms with van der Waals surface area (Å²) in [5.41, 5.74) is 1.05. The minimum Gasteiger partial charge on any atom is -0.310 e. The maximum atomic E-state index is 11.4. The molecule has 1 unspecified atom stereocenters. The van der Waals surface area contributed by atoms with E-state index in [1.165, 1.54) is 5.56 Å². The van der Waals surface area contributed by atoms with Gasteiger partial charge in [0.2, 0.25) is 0 Å². The molecule has 0 radical (unpaired) electrons. The van der Waals surface area contributed by atoms with Gasteiger partial charge in [0.25, 0.3) is 0 Å². The van der Waals surface area contributed by atoms with Crippen molar-refractivity contribution in [2.45, 2.75) is 25.3 Å². The number of benzene rings is 1. The molecular formula is C13H19NO2S. The Bertz CT molecular complexity index is 469. The Morgan fingerprint density at radius 1 is 1.29 bits per heavy atom. The smallest absolute Gasteiger partial charge is 0.152 e. The molecule has 1 heterocycles. The highest BCUT2D eigenvalue weighted by atomic mass is 32.2. The number of nitrogens with one attached hydrogen (secondary N) is 1. The molecule has 4 heteroatoms. The van der Waals surface area contributed by atoms with Crippen LogP contribution < -0.4 is 5.32 Å². The van der Waals surface area contributed by atoms with Gasteiger partial charge < -0.3 is 5.32 Å². The van der Waals surface area contributed by atoms with Gasteiger partial charge in [-0.05, 0) is 31.9 Å². The van der Waals surface area contributed by atoms with Crippen molar-refractivity contribution in [2.75, 3.05) is 18.1 Å². The first kappa shape index (κ1) is 12.6. The van der Waals surface area contributed by atoms with E-state index >= 15 is 0 Å². The summed E-state index contributed by atoms with van der Waals surface area (Å²) in [5.74, 6) is 0.594. The maximum absolute atomic E-state index is 11.4. The van der Waals surface area contributed by atoms with Crippen molar-refractivity contribution >= 4 is 9.84 Å². The Morgan fingerprint density at radius 3 is 2.59 bits per heavy atom. The van der Waals surface area contributed by atoms with Crippen molar-refractivity contribution in [1.82, 2.24) is 5.32 Å². The first-order valence-electron chi connectivity index (χ1n) is 5.99. The highest BCUT2D eigenvalue weighted by Crippen LogP contribution is 2.22. The van der Waals surface area contributed by atoms with E-state index in [2.05, 4.69) is 17.4 Å². The van der Waals surface area contributed by atoms with E-state index in [0.717, 1.165) is 19.4 Å². The van der Waals surface area contributed by atoms with Crippen LogP contribution in [-0.2, 0) is 16.3 Å². The predicted octanol–water partition coefficient (Wildman–Crippen LogP) is 1.40. The van der Waals surface area contributed by atoms with Crippen molar-refractivity contribution in [3.8, 4) is 0 Å². The molecule has 0 aromatic heterocycles. The molecule has 1 fully saturated rings. The summed E-state index contributed by atoms with van der Waals surface area (Å²) < 4.78 is 22.9. The number of hydrogen-bond donors (Lipinski definition) is 1. The molecule has 0 amide bonds. The van der Waals surface area contributed by atoms with Crippen LogP contribution in [-0.4, -0.2) is 32.0 Å². The van der Waals surface area contributed by atoms with Gasteiger partial charge in [-0.3, -0.25) is 0 Å². The third-order valence-electron chi connectivity index (χ3n) is 3.31. The third kappa shape index (κ3) is 3.54. The quantitative estimate of drug-likeness (QED) is 0.882. The van der Waals surface area contributed by atoms with Crippen LogP contribution in [0.25, 0.3) is 0 Å². The van der Waals surface area contributed by atoms with Crippen molar-refractivity contribution in [2.24, 2.45) is 0 Å². The molecule has 3 nitrogen and oxygen atoms in total.